The van der Waals surface area contributed by atoms with Gasteiger partial charge in [0.1, 0.15) is 23.6 Å². The topological polar surface area (TPSA) is 103 Å². The third kappa shape index (κ3) is 6.01. The molecular weight excluding hydrogens is 482 g/mol. The van der Waals surface area contributed by atoms with E-state index in [0.29, 0.717) is 13.1 Å². The summed E-state index contributed by atoms with van der Waals surface area (Å²) < 4.78 is 11.8. The Morgan fingerprint density at radius 2 is 2.05 bits per heavy atom. The maximum atomic E-state index is 12.1. The molecule has 9 nitrogen and oxygen atoms in total. The molecule has 2 aliphatic heterocycles. The van der Waals surface area contributed by atoms with Gasteiger partial charge in [0.05, 0.1) is 18.9 Å². The van der Waals surface area contributed by atoms with E-state index in [1.807, 2.05) is 25.5 Å². The van der Waals surface area contributed by atoms with E-state index in [-0.39, 0.29) is 12.0 Å². The summed E-state index contributed by atoms with van der Waals surface area (Å²) >= 11 is 0. The molecule has 1 aromatic carbocycles. The summed E-state index contributed by atoms with van der Waals surface area (Å²) in [6.45, 7) is 7.15. The number of rotatable bonds is 8. The van der Waals surface area contributed by atoms with Crippen LogP contribution in [0.15, 0.2) is 42.7 Å². The zero-order chi connectivity index (χ0) is 26.5. The van der Waals surface area contributed by atoms with Crippen molar-refractivity contribution in [3.05, 3.63) is 48.3 Å². The molecule has 3 aromatic rings. The first kappa shape index (κ1) is 26.2. The van der Waals surface area contributed by atoms with Crippen molar-refractivity contribution in [2.45, 2.75) is 32.0 Å². The molecular formula is C29H37N5O4. The van der Waals surface area contributed by atoms with E-state index < -0.39 is 6.10 Å². The van der Waals surface area contributed by atoms with Crippen molar-refractivity contribution in [3.8, 4) is 16.9 Å². The molecule has 1 atom stereocenters. The van der Waals surface area contributed by atoms with Gasteiger partial charge in [-0.3, -0.25) is 9.69 Å². The predicted octanol–water partition coefficient (Wildman–Crippen LogP) is 3.37. The highest BCUT2D eigenvalue weighted by molar-refractivity contribution is 5.95. The number of H-pyrrole nitrogens is 1. The minimum absolute atomic E-state index is 0.0232. The Balaban J connectivity index is 1.28. The largest absolute Gasteiger partial charge is 0.488 e. The normalized spacial score (nSPS) is 18.2. The summed E-state index contributed by atoms with van der Waals surface area (Å²) in [4.78, 5) is 24.1. The zero-order valence-corrected chi connectivity index (χ0v) is 22.2. The number of pyridine rings is 1. The number of carbonyl (C=O) groups is 1. The Labute approximate surface area is 223 Å². The molecule has 0 spiro atoms. The van der Waals surface area contributed by atoms with Crippen LogP contribution >= 0.6 is 0 Å². The lowest BCUT2D eigenvalue weighted by Gasteiger charge is -2.33. The van der Waals surface area contributed by atoms with E-state index >= 15 is 0 Å². The molecule has 2 aromatic heterocycles. The van der Waals surface area contributed by atoms with Gasteiger partial charge in [0, 0.05) is 76.0 Å². The monoisotopic (exact) mass is 519 g/mol. The van der Waals surface area contributed by atoms with Gasteiger partial charge >= 0.3 is 0 Å². The number of hydrogen-bond donors (Lipinski definition) is 3. The van der Waals surface area contributed by atoms with Crippen molar-refractivity contribution in [1.82, 2.24) is 19.8 Å². The van der Waals surface area contributed by atoms with Gasteiger partial charge in [0.2, 0.25) is 0 Å². The molecule has 0 aliphatic carbocycles. The van der Waals surface area contributed by atoms with E-state index in [4.69, 9.17) is 9.47 Å². The number of hydrogen-bond acceptors (Lipinski definition) is 7. The number of anilines is 1. The Kier molecular flexibility index (Phi) is 8.26. The zero-order valence-electron chi connectivity index (χ0n) is 22.2. The first-order chi connectivity index (χ1) is 18.5. The number of nitrogens with zero attached hydrogens (tertiary/aromatic N) is 3. The lowest BCUT2D eigenvalue weighted by molar-refractivity contribution is -0.141. The van der Waals surface area contributed by atoms with E-state index in [0.717, 1.165) is 84.9 Å². The summed E-state index contributed by atoms with van der Waals surface area (Å²) in [5.41, 5.74) is 5.00. The lowest BCUT2D eigenvalue weighted by atomic mass is 10.0. The van der Waals surface area contributed by atoms with Crippen LogP contribution in [-0.4, -0.2) is 96.0 Å². The Hall–Kier alpha value is -3.40. The van der Waals surface area contributed by atoms with Gasteiger partial charge in [-0.2, -0.15) is 0 Å². The third-order valence-electron chi connectivity index (χ3n) is 7.29. The summed E-state index contributed by atoms with van der Waals surface area (Å²) in [5.74, 6) is 0.578. The number of aromatic amines is 1. The molecule has 3 N–H and O–H groups in total. The number of amides is 1. The second-order valence-electron chi connectivity index (χ2n) is 9.96. The standard InChI is InChI=1S/C29H37N5O4/c1-20(35)29(36)34-10-7-23(8-11-34)38-27-6-5-22(17-26(27)30-2)25-19-32-28-24(25)16-21(18-31-28)4-3-9-33-12-14-37-15-13-33/h3-6,16-20,23,30,35H,7-15H2,1-2H3,(H,31,32). The van der Waals surface area contributed by atoms with Crippen LogP contribution in [0.4, 0.5) is 5.69 Å². The minimum atomic E-state index is -0.960. The van der Waals surface area contributed by atoms with Gasteiger partial charge < -0.3 is 29.8 Å². The van der Waals surface area contributed by atoms with Crippen LogP contribution in [0.5, 0.6) is 5.75 Å². The van der Waals surface area contributed by atoms with Gasteiger partial charge in [0.25, 0.3) is 5.91 Å². The molecule has 2 saturated heterocycles. The van der Waals surface area contributed by atoms with E-state index in [1.165, 1.54) is 6.92 Å². The van der Waals surface area contributed by atoms with Crippen LogP contribution in [0.1, 0.15) is 25.3 Å². The number of aliphatic hydroxyl groups excluding tert-OH is 1. The van der Waals surface area contributed by atoms with Crippen LogP contribution in [0.2, 0.25) is 0 Å². The fraction of sp³-hybridized carbons (Fsp3) is 0.448. The molecule has 0 bridgehead atoms. The van der Waals surface area contributed by atoms with Gasteiger partial charge in [-0.05, 0) is 36.2 Å². The van der Waals surface area contributed by atoms with Gasteiger partial charge in [-0.25, -0.2) is 4.98 Å². The Morgan fingerprint density at radius 3 is 2.79 bits per heavy atom. The molecule has 0 radical (unpaired) electrons. The Morgan fingerprint density at radius 1 is 1.26 bits per heavy atom. The number of benzene rings is 1. The Bertz CT molecular complexity index is 1270. The highest BCUT2D eigenvalue weighted by Crippen LogP contribution is 2.35. The van der Waals surface area contributed by atoms with E-state index in [1.54, 1.807) is 4.90 Å². The molecule has 4 heterocycles. The van der Waals surface area contributed by atoms with Crippen molar-refractivity contribution in [1.29, 1.82) is 0 Å². The summed E-state index contributed by atoms with van der Waals surface area (Å²) in [6.07, 6.45) is 8.76. The second kappa shape index (κ2) is 12.0. The number of morpholine rings is 1. The number of aromatic nitrogens is 2. The maximum absolute atomic E-state index is 12.1. The van der Waals surface area contributed by atoms with Crippen LogP contribution < -0.4 is 10.1 Å². The molecule has 1 amide bonds. The second-order valence-corrected chi connectivity index (χ2v) is 9.96. The number of likely N-dealkylation sites (tertiary alicyclic amines) is 1. The van der Waals surface area contributed by atoms with Gasteiger partial charge in [0.15, 0.2) is 0 Å². The highest BCUT2D eigenvalue weighted by atomic mass is 16.5. The number of ether oxygens (including phenoxy) is 2. The minimum Gasteiger partial charge on any atom is -0.488 e. The average molecular weight is 520 g/mol. The predicted molar refractivity (Wildman–Crippen MR) is 149 cm³/mol. The van der Waals surface area contributed by atoms with Crippen molar-refractivity contribution in [2.24, 2.45) is 0 Å². The SMILES string of the molecule is CNc1cc(-c2c[nH]c3ncc(C=CCN4CCOCC4)cc23)ccc1OC1CCN(C(=O)C(C)O)CC1. The third-order valence-corrected chi connectivity index (χ3v) is 7.29. The number of nitrogens with one attached hydrogen (secondary N) is 2. The summed E-state index contributed by atoms with van der Waals surface area (Å²) in [5, 5.41) is 13.9. The van der Waals surface area contributed by atoms with Crippen molar-refractivity contribution >= 4 is 28.7 Å². The number of fused-ring (bicyclic) bond motifs is 1. The van der Waals surface area contributed by atoms with Gasteiger partial charge in [-0.15, -0.1) is 0 Å². The van der Waals surface area contributed by atoms with Crippen LogP contribution in [0, 0.1) is 0 Å². The molecule has 2 aliphatic rings. The van der Waals surface area contributed by atoms with Crippen LogP contribution in [-0.2, 0) is 9.53 Å². The molecule has 5 rings (SSSR count). The molecule has 202 valence electrons. The van der Waals surface area contributed by atoms with Crippen LogP contribution in [0.3, 0.4) is 0 Å². The van der Waals surface area contributed by atoms with Crippen molar-refractivity contribution < 1.29 is 19.4 Å². The van der Waals surface area contributed by atoms with Crippen LogP contribution in [0.25, 0.3) is 28.2 Å². The number of piperidine rings is 1. The fourth-order valence-electron chi connectivity index (χ4n) is 5.10. The number of aliphatic hydroxyl groups is 1. The van der Waals surface area contributed by atoms with Gasteiger partial charge in [-0.1, -0.05) is 18.2 Å². The smallest absolute Gasteiger partial charge is 0.251 e. The highest BCUT2D eigenvalue weighted by Gasteiger charge is 2.26. The number of carbonyl (C=O) groups excluding carboxylic acids is 1. The average Bonchev–Trinajstić information content (AvgIpc) is 3.37. The molecule has 38 heavy (non-hydrogen) atoms. The van der Waals surface area contributed by atoms with E-state index in [2.05, 4.69) is 50.5 Å². The molecule has 1 unspecified atom stereocenters. The summed E-state index contributed by atoms with van der Waals surface area (Å²) in [6, 6.07) is 8.36. The molecule has 9 heteroatoms. The quantitative estimate of drug-likeness (QED) is 0.419. The van der Waals surface area contributed by atoms with Crippen molar-refractivity contribution in [3.63, 3.8) is 0 Å². The molecule has 2 fully saturated rings. The maximum Gasteiger partial charge on any atom is 0.251 e. The summed E-state index contributed by atoms with van der Waals surface area (Å²) in [7, 11) is 1.89. The van der Waals surface area contributed by atoms with E-state index in [9.17, 15) is 9.90 Å². The lowest BCUT2D eigenvalue weighted by Crippen LogP contribution is -2.45. The fourth-order valence-corrected chi connectivity index (χ4v) is 5.10. The first-order valence-corrected chi connectivity index (χ1v) is 13.4. The van der Waals surface area contributed by atoms with Crippen molar-refractivity contribution in [2.75, 3.05) is 58.3 Å². The molecule has 0 saturated carbocycles. The first-order valence-electron chi connectivity index (χ1n) is 13.4.